The summed E-state index contributed by atoms with van der Waals surface area (Å²) in [5.41, 5.74) is 2.61. The summed E-state index contributed by atoms with van der Waals surface area (Å²) < 4.78 is 2.42. The summed E-state index contributed by atoms with van der Waals surface area (Å²) in [6, 6.07) is 9.23. The molecule has 3 rings (SSSR count). The Labute approximate surface area is 102 Å². The first-order valence-electron chi connectivity index (χ1n) is 6.51. The normalized spacial score (nSPS) is 18.2. The van der Waals surface area contributed by atoms with E-state index in [0.29, 0.717) is 6.04 Å². The van der Waals surface area contributed by atoms with Crippen molar-refractivity contribution in [3.8, 4) is 0 Å². The van der Waals surface area contributed by atoms with Crippen LogP contribution in [0.2, 0.25) is 0 Å². The molecule has 1 unspecified atom stereocenters. The van der Waals surface area contributed by atoms with Gasteiger partial charge in [-0.3, -0.25) is 0 Å². The number of nitrogens with zero attached hydrogens (tertiary/aromatic N) is 1. The Morgan fingerprint density at radius 3 is 2.76 bits per heavy atom. The zero-order chi connectivity index (χ0) is 11.8. The zero-order valence-corrected chi connectivity index (χ0v) is 10.3. The fourth-order valence-corrected chi connectivity index (χ4v) is 2.69. The van der Waals surface area contributed by atoms with Crippen molar-refractivity contribution in [2.75, 3.05) is 6.61 Å². The molecule has 1 aromatic heterocycles. The predicted molar refractivity (Wildman–Crippen MR) is 70.3 cm³/mol. The lowest BCUT2D eigenvalue weighted by molar-refractivity contribution is 0.272. The molecule has 0 aliphatic heterocycles. The summed E-state index contributed by atoms with van der Waals surface area (Å²) in [5, 5.41) is 10.7. The molecule has 0 saturated heterocycles. The third-order valence-corrected chi connectivity index (χ3v) is 4.04. The maximum atomic E-state index is 9.36. The average Bonchev–Trinajstić information content (AvgIpc) is 2.66. The van der Waals surface area contributed by atoms with E-state index in [4.69, 9.17) is 0 Å². The van der Waals surface area contributed by atoms with Crippen molar-refractivity contribution in [2.24, 2.45) is 0 Å². The quantitative estimate of drug-likeness (QED) is 0.856. The minimum absolute atomic E-state index is 0.221. The van der Waals surface area contributed by atoms with Gasteiger partial charge in [0.15, 0.2) is 0 Å². The Morgan fingerprint density at radius 2 is 2.12 bits per heavy atom. The van der Waals surface area contributed by atoms with Gasteiger partial charge in [-0.1, -0.05) is 25.1 Å². The second-order valence-electron chi connectivity index (χ2n) is 5.18. The Morgan fingerprint density at radius 1 is 1.35 bits per heavy atom. The van der Waals surface area contributed by atoms with Gasteiger partial charge in [0, 0.05) is 35.7 Å². The molecular weight excluding hydrogens is 210 g/mol. The molecule has 0 radical (unpaired) electrons. The molecule has 17 heavy (non-hydrogen) atoms. The summed E-state index contributed by atoms with van der Waals surface area (Å²) in [5.74, 6) is 0.223. The third-order valence-electron chi connectivity index (χ3n) is 4.04. The predicted octanol–water partition coefficient (Wildman–Crippen LogP) is 3.46. The number of benzene rings is 1. The molecule has 1 aromatic carbocycles. The van der Waals surface area contributed by atoms with E-state index in [0.717, 1.165) is 0 Å². The number of aromatic nitrogens is 1. The second kappa shape index (κ2) is 4.19. The van der Waals surface area contributed by atoms with E-state index in [2.05, 4.69) is 42.0 Å². The van der Waals surface area contributed by atoms with Gasteiger partial charge in [0.25, 0.3) is 0 Å². The van der Waals surface area contributed by atoms with Crippen LogP contribution in [0.15, 0.2) is 30.5 Å². The fourth-order valence-electron chi connectivity index (χ4n) is 2.69. The van der Waals surface area contributed by atoms with Crippen LogP contribution >= 0.6 is 0 Å². The summed E-state index contributed by atoms with van der Waals surface area (Å²) in [4.78, 5) is 0. The molecule has 0 bridgehead atoms. The first kappa shape index (κ1) is 10.8. The van der Waals surface area contributed by atoms with Gasteiger partial charge in [-0.25, -0.2) is 0 Å². The molecule has 90 valence electrons. The van der Waals surface area contributed by atoms with E-state index in [1.54, 1.807) is 0 Å². The van der Waals surface area contributed by atoms with E-state index in [1.807, 2.05) is 0 Å². The van der Waals surface area contributed by atoms with Crippen LogP contribution in [-0.2, 0) is 0 Å². The smallest absolute Gasteiger partial charge is 0.0497 e. The van der Waals surface area contributed by atoms with Crippen molar-refractivity contribution in [3.63, 3.8) is 0 Å². The summed E-state index contributed by atoms with van der Waals surface area (Å²) in [7, 11) is 0. The van der Waals surface area contributed by atoms with Crippen LogP contribution in [0, 0.1) is 0 Å². The van der Waals surface area contributed by atoms with Gasteiger partial charge in [0.1, 0.15) is 0 Å². The molecule has 2 heteroatoms. The van der Waals surface area contributed by atoms with Crippen LogP contribution in [0.25, 0.3) is 10.9 Å². The Hall–Kier alpha value is -1.28. The number of aliphatic hydroxyl groups excluding tert-OH is 1. The van der Waals surface area contributed by atoms with Crippen LogP contribution in [0.1, 0.15) is 43.7 Å². The van der Waals surface area contributed by atoms with Crippen molar-refractivity contribution in [3.05, 3.63) is 36.0 Å². The molecule has 1 fully saturated rings. The second-order valence-corrected chi connectivity index (χ2v) is 5.18. The molecule has 1 aliphatic carbocycles. The Bertz CT molecular complexity index is 486. The number of fused-ring (bicyclic) bond motifs is 1. The van der Waals surface area contributed by atoms with Crippen LogP contribution in [0.5, 0.6) is 0 Å². The minimum atomic E-state index is 0.221. The average molecular weight is 229 g/mol. The maximum Gasteiger partial charge on any atom is 0.0497 e. The number of rotatable bonds is 3. The van der Waals surface area contributed by atoms with Crippen molar-refractivity contribution < 1.29 is 5.11 Å². The van der Waals surface area contributed by atoms with E-state index in [9.17, 15) is 5.11 Å². The first-order chi connectivity index (χ1) is 8.31. The van der Waals surface area contributed by atoms with Gasteiger partial charge >= 0.3 is 0 Å². The lowest BCUT2D eigenvalue weighted by Crippen LogP contribution is -2.15. The SMILES string of the molecule is CC(CO)c1cn(C2CCC2)c2ccccc12. The molecule has 1 N–H and O–H groups in total. The number of hydrogen-bond donors (Lipinski definition) is 1. The molecule has 0 amide bonds. The van der Waals surface area contributed by atoms with Crippen molar-refractivity contribution in [1.29, 1.82) is 0 Å². The van der Waals surface area contributed by atoms with E-state index in [-0.39, 0.29) is 12.5 Å². The van der Waals surface area contributed by atoms with Gasteiger partial charge in [0.05, 0.1) is 0 Å². The molecule has 1 heterocycles. The summed E-state index contributed by atoms with van der Waals surface area (Å²) in [6.07, 6.45) is 6.20. The van der Waals surface area contributed by atoms with Gasteiger partial charge in [0.2, 0.25) is 0 Å². The third kappa shape index (κ3) is 1.67. The van der Waals surface area contributed by atoms with Gasteiger partial charge in [-0.2, -0.15) is 0 Å². The molecule has 2 nitrogen and oxygen atoms in total. The topological polar surface area (TPSA) is 25.2 Å². The van der Waals surface area contributed by atoms with Gasteiger partial charge in [-0.15, -0.1) is 0 Å². The van der Waals surface area contributed by atoms with E-state index < -0.39 is 0 Å². The maximum absolute atomic E-state index is 9.36. The van der Waals surface area contributed by atoms with E-state index in [1.165, 1.54) is 35.7 Å². The highest BCUT2D eigenvalue weighted by molar-refractivity contribution is 5.84. The number of aliphatic hydroxyl groups is 1. The standard InChI is InChI=1S/C15H19NO/c1-11(10-17)14-9-16(12-5-4-6-12)15-8-3-2-7-13(14)15/h2-3,7-9,11-12,17H,4-6,10H2,1H3. The highest BCUT2D eigenvalue weighted by Crippen LogP contribution is 2.37. The van der Waals surface area contributed by atoms with Crippen LogP contribution in [-0.4, -0.2) is 16.3 Å². The fraction of sp³-hybridized carbons (Fsp3) is 0.467. The van der Waals surface area contributed by atoms with Gasteiger partial charge < -0.3 is 9.67 Å². The van der Waals surface area contributed by atoms with Gasteiger partial charge in [-0.05, 0) is 30.9 Å². The minimum Gasteiger partial charge on any atom is -0.396 e. The van der Waals surface area contributed by atoms with Crippen LogP contribution in [0.4, 0.5) is 0 Å². The Balaban J connectivity index is 2.15. The van der Waals surface area contributed by atoms with E-state index >= 15 is 0 Å². The van der Waals surface area contributed by atoms with Crippen LogP contribution in [0.3, 0.4) is 0 Å². The van der Waals surface area contributed by atoms with Crippen molar-refractivity contribution >= 4 is 10.9 Å². The highest BCUT2D eigenvalue weighted by Gasteiger charge is 2.23. The molecule has 0 spiro atoms. The summed E-state index contributed by atoms with van der Waals surface area (Å²) in [6.45, 7) is 2.31. The van der Waals surface area contributed by atoms with Crippen molar-refractivity contribution in [1.82, 2.24) is 4.57 Å². The lowest BCUT2D eigenvalue weighted by Gasteiger charge is -2.28. The number of hydrogen-bond acceptors (Lipinski definition) is 1. The molecule has 2 aromatic rings. The van der Waals surface area contributed by atoms with Crippen LogP contribution < -0.4 is 0 Å². The monoisotopic (exact) mass is 229 g/mol. The highest BCUT2D eigenvalue weighted by atomic mass is 16.3. The first-order valence-corrected chi connectivity index (χ1v) is 6.51. The zero-order valence-electron chi connectivity index (χ0n) is 10.3. The molecular formula is C15H19NO. The number of para-hydroxylation sites is 1. The molecule has 1 saturated carbocycles. The summed E-state index contributed by atoms with van der Waals surface area (Å²) >= 11 is 0. The molecule has 1 aliphatic rings. The lowest BCUT2D eigenvalue weighted by atomic mass is 9.93. The largest absolute Gasteiger partial charge is 0.396 e. The van der Waals surface area contributed by atoms with Crippen molar-refractivity contribution in [2.45, 2.75) is 38.1 Å². The Kier molecular flexibility index (Phi) is 2.67. The molecule has 1 atom stereocenters.